The summed E-state index contributed by atoms with van der Waals surface area (Å²) in [5.74, 6) is 2.39. The Hall–Kier alpha value is -13.1. The van der Waals surface area contributed by atoms with Crippen molar-refractivity contribution in [3.8, 4) is 56.8 Å². The molecule has 0 saturated heterocycles. The SMILES string of the molecule is CC(=O)C=C(C)O.CC(C)c1ccc2c(-c3ccccn3)[c-]ccc2c1.[Ir].[Ir].[c-]1cc2c(ccc3c4ccccc4ccc23)cc1-c1nnc(-c2ccc3c(ccc4c5ccccc5ccc34)c2)nn1.[c-]1cc2c(ccc3c4ccccc4ccc23)cc1-c1nnc(-c2ccc3c(ccc4c5ccccc5ccc34)c2)nn1. The molecule has 0 spiro atoms. The largest absolute Gasteiger partial charge is 0.512 e. The second kappa shape index (κ2) is 31.5. The summed E-state index contributed by atoms with van der Waals surface area (Å²) < 4.78 is 0. The van der Waals surface area contributed by atoms with E-state index in [1.807, 2.05) is 54.7 Å². The van der Waals surface area contributed by atoms with Crippen LogP contribution >= 0.6 is 0 Å². The standard InChI is InChI=1S/2C38H21N4.C18H16N.C5H8O2.2Ir/c2*1-3-7-29-23(5-1)9-17-35-31-15-13-27(21-25(31)11-19-33(29)35)37-39-41-38(42-40-37)28-14-16-32-26(22-28)12-20-34-30-8-4-2-6-24(30)10-18-36(32)34;1-13(2)14-9-10-16-15(12-14)6-5-7-17(16)18-8-3-4-11-19-18;1-4(6)3-5(2)7;;/h2*1-13,15-22H;3-6,8-13H,1-2H3;3,6H,1-2H3;;/q3*-1;;;. The van der Waals surface area contributed by atoms with Gasteiger partial charge in [0.25, 0.3) is 0 Å². The Morgan fingerprint density at radius 2 is 0.652 bits per heavy atom. The normalized spacial score (nSPS) is 11.5. The van der Waals surface area contributed by atoms with Crippen molar-refractivity contribution in [2.75, 3.05) is 0 Å². The van der Waals surface area contributed by atoms with Crippen LogP contribution in [-0.4, -0.2) is 56.7 Å². The third kappa shape index (κ3) is 14.3. The molecule has 21 rings (SSSR count). The first kappa shape index (κ1) is 73.0. The van der Waals surface area contributed by atoms with Crippen molar-refractivity contribution in [1.82, 2.24) is 45.8 Å². The number of carbonyl (C=O) groups excluding carboxylic acids is 1. The van der Waals surface area contributed by atoms with Gasteiger partial charge in [-0.15, -0.1) is 108 Å². The number of pyridine rings is 1. The van der Waals surface area contributed by atoms with Crippen LogP contribution in [0.4, 0.5) is 0 Å². The molecule has 0 fully saturated rings. The summed E-state index contributed by atoms with van der Waals surface area (Å²) in [4.78, 5) is 14.4. The fourth-order valence-electron chi connectivity index (χ4n) is 15.2. The molecule has 0 aliphatic heterocycles. The summed E-state index contributed by atoms with van der Waals surface area (Å²) in [7, 11) is 0. The summed E-state index contributed by atoms with van der Waals surface area (Å²) >= 11 is 0. The monoisotopic (exact) mass is 1800 g/mol. The molecular formula is C99H66Ir2N9O2-3. The molecule has 1 N–H and O–H groups in total. The number of benzene rings is 18. The fraction of sp³-hybridized carbons (Fsp3) is 0.0505. The molecule has 18 aromatic carbocycles. The zero-order chi connectivity index (χ0) is 74.3. The molecular weight excluding hydrogens is 1730 g/mol. The van der Waals surface area contributed by atoms with Crippen molar-refractivity contribution >= 4 is 146 Å². The Balaban J connectivity index is 0.000000128. The second-order valence-electron chi connectivity index (χ2n) is 27.9. The molecule has 0 saturated carbocycles. The number of nitrogens with zero attached hydrogens (tertiary/aromatic N) is 9. The Morgan fingerprint density at radius 3 is 1.02 bits per heavy atom. The third-order valence-electron chi connectivity index (χ3n) is 20.6. The summed E-state index contributed by atoms with van der Waals surface area (Å²) in [6.45, 7) is 7.28. The number of aromatic nitrogens is 9. The molecule has 2 radical (unpaired) electrons. The van der Waals surface area contributed by atoms with E-state index in [1.165, 1.54) is 133 Å². The van der Waals surface area contributed by atoms with Crippen LogP contribution < -0.4 is 0 Å². The number of aliphatic hydroxyl groups is 1. The van der Waals surface area contributed by atoms with Gasteiger partial charge in [0, 0.05) is 63.6 Å². The average molecular weight is 1800 g/mol. The van der Waals surface area contributed by atoms with Crippen LogP contribution in [0.3, 0.4) is 0 Å². The topological polar surface area (TPSA) is 153 Å². The van der Waals surface area contributed by atoms with E-state index in [-0.39, 0.29) is 51.8 Å². The van der Waals surface area contributed by atoms with Crippen LogP contribution in [0.25, 0.3) is 197 Å². The van der Waals surface area contributed by atoms with Gasteiger partial charge in [-0.1, -0.05) is 289 Å². The van der Waals surface area contributed by atoms with Crippen molar-refractivity contribution in [2.24, 2.45) is 0 Å². The van der Waals surface area contributed by atoms with E-state index in [0.717, 1.165) is 65.8 Å². The molecule has 3 aromatic heterocycles. The van der Waals surface area contributed by atoms with Gasteiger partial charge in [0.1, 0.15) is 11.6 Å². The molecule has 0 aliphatic rings. The number of carbonyl (C=O) groups is 1. The number of ketones is 1. The van der Waals surface area contributed by atoms with Gasteiger partial charge < -0.3 is 10.1 Å². The number of hydrogen-bond donors (Lipinski definition) is 1. The first-order chi connectivity index (χ1) is 54.0. The Labute approximate surface area is 672 Å². The smallest absolute Gasteiger partial charge is 0.201 e. The van der Waals surface area contributed by atoms with Crippen molar-refractivity contribution in [3.63, 3.8) is 0 Å². The minimum atomic E-state index is -0.125. The molecule has 0 aliphatic carbocycles. The number of aliphatic hydroxyl groups excluding tert-OH is 1. The molecule has 0 bridgehead atoms. The van der Waals surface area contributed by atoms with E-state index in [0.29, 0.717) is 29.2 Å². The van der Waals surface area contributed by atoms with Crippen molar-refractivity contribution in [1.29, 1.82) is 0 Å². The van der Waals surface area contributed by atoms with Gasteiger partial charge in [-0.25, -0.2) is 0 Å². The molecule has 540 valence electrons. The molecule has 0 amide bonds. The van der Waals surface area contributed by atoms with Crippen molar-refractivity contribution in [3.05, 3.63) is 345 Å². The Kier molecular flexibility index (Phi) is 20.5. The van der Waals surface area contributed by atoms with Gasteiger partial charge in [-0.3, -0.25) is 4.79 Å². The average Bonchev–Trinajstić information content (AvgIpc) is 0.778. The van der Waals surface area contributed by atoms with Crippen LogP contribution in [0.15, 0.2) is 321 Å². The number of allylic oxidation sites excluding steroid dienone is 2. The van der Waals surface area contributed by atoms with E-state index >= 15 is 0 Å². The minimum Gasteiger partial charge on any atom is -0.512 e. The van der Waals surface area contributed by atoms with Crippen LogP contribution in [0.2, 0.25) is 0 Å². The summed E-state index contributed by atoms with van der Waals surface area (Å²) in [6.07, 6.45) is 2.99. The number of hydrogen-bond acceptors (Lipinski definition) is 11. The van der Waals surface area contributed by atoms with Gasteiger partial charge >= 0.3 is 0 Å². The molecule has 0 unspecified atom stereocenters. The van der Waals surface area contributed by atoms with Crippen LogP contribution in [0, 0.1) is 18.2 Å². The maximum absolute atomic E-state index is 10.0. The fourth-order valence-corrected chi connectivity index (χ4v) is 15.2. The Morgan fingerprint density at radius 1 is 0.321 bits per heavy atom. The van der Waals surface area contributed by atoms with E-state index in [2.05, 4.69) is 333 Å². The van der Waals surface area contributed by atoms with Crippen LogP contribution in [0.5, 0.6) is 0 Å². The maximum atomic E-state index is 10.0. The summed E-state index contributed by atoms with van der Waals surface area (Å²) in [6, 6.07) is 117. The van der Waals surface area contributed by atoms with E-state index in [4.69, 9.17) is 5.11 Å². The van der Waals surface area contributed by atoms with Crippen molar-refractivity contribution < 1.29 is 50.1 Å². The molecule has 3 heterocycles. The summed E-state index contributed by atoms with van der Waals surface area (Å²) in [5.41, 5.74) is 6.73. The van der Waals surface area contributed by atoms with Gasteiger partial charge in [0.2, 0.25) is 11.6 Å². The predicted molar refractivity (Wildman–Crippen MR) is 452 cm³/mol. The van der Waals surface area contributed by atoms with Crippen LogP contribution in [0.1, 0.15) is 39.2 Å². The first-order valence-electron chi connectivity index (χ1n) is 36.6. The minimum absolute atomic E-state index is 0. The van der Waals surface area contributed by atoms with E-state index in [1.54, 1.807) is 0 Å². The first-order valence-corrected chi connectivity index (χ1v) is 36.6. The molecule has 21 aromatic rings. The van der Waals surface area contributed by atoms with Crippen LogP contribution in [-0.2, 0) is 45.0 Å². The van der Waals surface area contributed by atoms with Gasteiger partial charge in [-0.05, 0) is 146 Å². The van der Waals surface area contributed by atoms with Gasteiger partial charge in [0.15, 0.2) is 5.78 Å². The van der Waals surface area contributed by atoms with Gasteiger partial charge in [0.05, 0.1) is 5.76 Å². The third-order valence-corrected chi connectivity index (χ3v) is 20.6. The second-order valence-corrected chi connectivity index (χ2v) is 27.9. The Bertz CT molecular complexity index is 6550. The molecule has 13 heteroatoms. The zero-order valence-corrected chi connectivity index (χ0v) is 65.9. The van der Waals surface area contributed by atoms with E-state index < -0.39 is 0 Å². The zero-order valence-electron chi connectivity index (χ0n) is 61.1. The van der Waals surface area contributed by atoms with Crippen molar-refractivity contribution in [2.45, 2.75) is 33.6 Å². The molecule has 0 atom stereocenters. The maximum Gasteiger partial charge on any atom is 0.201 e. The number of fused-ring (bicyclic) bond motifs is 21. The molecule has 112 heavy (non-hydrogen) atoms. The predicted octanol–water partition coefficient (Wildman–Crippen LogP) is 24.5. The van der Waals surface area contributed by atoms with E-state index in [9.17, 15) is 4.79 Å². The quantitative estimate of drug-likeness (QED) is 0.0702. The number of rotatable bonds is 7. The van der Waals surface area contributed by atoms with Gasteiger partial charge in [-0.2, -0.15) is 20.4 Å². The molecule has 11 nitrogen and oxygen atoms in total. The summed E-state index contributed by atoms with van der Waals surface area (Å²) in [5, 5.41) is 75.5.